The Labute approximate surface area is 387 Å². The van der Waals surface area contributed by atoms with Crippen molar-refractivity contribution in [2.75, 3.05) is 13.2 Å². The molecule has 2 spiro atoms. The highest BCUT2D eigenvalue weighted by molar-refractivity contribution is 5.66. The van der Waals surface area contributed by atoms with Crippen LogP contribution in [0.4, 0.5) is 0 Å². The van der Waals surface area contributed by atoms with Crippen LogP contribution in [-0.2, 0) is 42.7 Å². The van der Waals surface area contributed by atoms with E-state index in [4.69, 9.17) is 37.9 Å². The molecule has 18 heteroatoms. The van der Waals surface area contributed by atoms with Crippen LogP contribution in [0.15, 0.2) is 0 Å². The van der Waals surface area contributed by atoms with Crippen molar-refractivity contribution in [3.8, 4) is 0 Å². The highest BCUT2D eigenvalue weighted by Gasteiger charge is 2.85. The van der Waals surface area contributed by atoms with Gasteiger partial charge in [0.1, 0.15) is 42.7 Å². The normalized spacial score (nSPS) is 56.7. The molecular weight excluding hydrogens is 865 g/mol. The van der Waals surface area contributed by atoms with Crippen molar-refractivity contribution in [3.05, 3.63) is 0 Å². The fraction of sp³-hybridized carbons (Fsp3) is 0.979. The molecule has 2 unspecified atom stereocenters. The molecule has 25 atom stereocenters. The number of aliphatic hydroxyl groups is 9. The van der Waals surface area contributed by atoms with Gasteiger partial charge in [-0.15, -0.1) is 0 Å². The van der Waals surface area contributed by atoms with E-state index < -0.39 is 121 Å². The van der Waals surface area contributed by atoms with Gasteiger partial charge in [-0.05, 0) is 124 Å². The first kappa shape index (κ1) is 49.8. The van der Waals surface area contributed by atoms with E-state index in [1.807, 2.05) is 0 Å². The van der Waals surface area contributed by atoms with Gasteiger partial charge in [-0.3, -0.25) is 4.79 Å². The minimum atomic E-state index is -1.70. The molecule has 0 radical (unpaired) electrons. The Kier molecular flexibility index (Phi) is 12.6. The van der Waals surface area contributed by atoms with Gasteiger partial charge in [0.2, 0.25) is 0 Å². The van der Waals surface area contributed by atoms with Gasteiger partial charge in [-0.25, -0.2) is 0 Å². The lowest BCUT2D eigenvalue weighted by molar-refractivity contribution is -0.366. The number of ether oxygens (including phenoxy) is 8. The fourth-order valence-electron chi connectivity index (χ4n) is 16.3. The van der Waals surface area contributed by atoms with Crippen LogP contribution in [0, 0.1) is 44.8 Å². The number of hydrogen-bond donors (Lipinski definition) is 9. The SMILES string of the molecule is CC(=O)O[C@@H]1[C@@H](O[C@@H]2O[C@@H](C)[C@H](O)[C@@H](O)[C@H]2O)[C@H](O[C@H]2CC[C@]34C[C@]35CC[C@]3(C)[C@@H](C6(C)CC[C@@H](C(C)(C)O)O6)[C@@H](O)C[C@@]3(C)[C@@H]5C[C@H](O[C@H]3OC[C@H](O)[C@@H](O)[C@@H]3O)C4C2(C)C)OC[C@H]1O. The third-order valence-corrected chi connectivity index (χ3v) is 19.6. The summed E-state index contributed by atoms with van der Waals surface area (Å²) in [5.74, 6) is -1.03. The molecule has 18 nitrogen and oxygen atoms in total. The van der Waals surface area contributed by atoms with Gasteiger partial charge in [0, 0.05) is 12.8 Å². The third kappa shape index (κ3) is 7.43. The summed E-state index contributed by atoms with van der Waals surface area (Å²) in [6.07, 6.45) is -13.6. The first-order valence-corrected chi connectivity index (χ1v) is 24.5. The van der Waals surface area contributed by atoms with E-state index in [2.05, 4.69) is 34.6 Å². The van der Waals surface area contributed by atoms with Gasteiger partial charge < -0.3 is 83.9 Å². The summed E-state index contributed by atoms with van der Waals surface area (Å²) in [5, 5.41) is 99.0. The average Bonchev–Trinajstić information content (AvgIpc) is 3.59. The molecule has 0 aromatic rings. The lowest BCUT2D eigenvalue weighted by Gasteiger charge is -2.65. The van der Waals surface area contributed by atoms with E-state index >= 15 is 0 Å². The highest BCUT2D eigenvalue weighted by atomic mass is 16.8. The minimum absolute atomic E-state index is 0.0767. The van der Waals surface area contributed by atoms with Gasteiger partial charge in [-0.1, -0.05) is 27.7 Å². The molecule has 0 amide bonds. The molecule has 4 saturated heterocycles. The van der Waals surface area contributed by atoms with Crippen molar-refractivity contribution in [2.24, 2.45) is 44.8 Å². The van der Waals surface area contributed by atoms with E-state index in [1.54, 1.807) is 13.8 Å². The lowest BCUT2D eigenvalue weighted by Crippen LogP contribution is -2.65. The number of carbonyl (C=O) groups excluding carboxylic acids is 1. The Morgan fingerprint density at radius 2 is 1.33 bits per heavy atom. The van der Waals surface area contributed by atoms with E-state index in [1.165, 1.54) is 13.8 Å². The van der Waals surface area contributed by atoms with Gasteiger partial charge in [-0.2, -0.15) is 0 Å². The summed E-state index contributed by atoms with van der Waals surface area (Å²) in [4.78, 5) is 12.4. The predicted molar refractivity (Wildman–Crippen MR) is 229 cm³/mol. The van der Waals surface area contributed by atoms with Crippen LogP contribution < -0.4 is 0 Å². The van der Waals surface area contributed by atoms with Gasteiger partial charge in [0.15, 0.2) is 31.1 Å². The highest BCUT2D eigenvalue weighted by Crippen LogP contribution is 2.89. The van der Waals surface area contributed by atoms with Gasteiger partial charge in [0.25, 0.3) is 0 Å². The summed E-state index contributed by atoms with van der Waals surface area (Å²) in [6.45, 7) is 16.8. The van der Waals surface area contributed by atoms with E-state index in [9.17, 15) is 50.8 Å². The Hall–Kier alpha value is -1.17. The number of aliphatic hydroxyl groups excluding tert-OH is 8. The van der Waals surface area contributed by atoms with Crippen molar-refractivity contribution < 1.29 is 88.6 Å². The summed E-state index contributed by atoms with van der Waals surface area (Å²) in [6, 6.07) is 0. The number of hydrogen-bond acceptors (Lipinski definition) is 18. The first-order chi connectivity index (χ1) is 30.7. The zero-order chi connectivity index (χ0) is 48.1. The fourth-order valence-corrected chi connectivity index (χ4v) is 16.3. The summed E-state index contributed by atoms with van der Waals surface area (Å²) in [5.41, 5.74) is -3.49. The Balaban J connectivity index is 1.04. The minimum Gasteiger partial charge on any atom is -0.457 e. The maximum atomic E-state index is 12.4. The van der Waals surface area contributed by atoms with Crippen molar-refractivity contribution in [3.63, 3.8) is 0 Å². The number of rotatable bonds is 9. The second-order valence-electron chi connectivity index (χ2n) is 24.0. The summed E-state index contributed by atoms with van der Waals surface area (Å²) >= 11 is 0. The molecule has 5 saturated carbocycles. The summed E-state index contributed by atoms with van der Waals surface area (Å²) in [7, 11) is 0. The van der Waals surface area contributed by atoms with Crippen molar-refractivity contribution >= 4 is 5.97 Å². The lowest BCUT2D eigenvalue weighted by atomic mass is 9.41. The van der Waals surface area contributed by atoms with E-state index in [0.717, 1.165) is 32.1 Å². The first-order valence-electron chi connectivity index (χ1n) is 24.5. The molecule has 378 valence electrons. The number of carbonyl (C=O) groups is 1. The monoisotopic (exact) mass is 943 g/mol. The molecule has 4 heterocycles. The molecule has 9 aliphatic rings. The molecule has 9 N–H and O–H groups in total. The van der Waals surface area contributed by atoms with Crippen LogP contribution in [0.3, 0.4) is 0 Å². The molecule has 0 aromatic carbocycles. The van der Waals surface area contributed by atoms with E-state index in [-0.39, 0.29) is 58.7 Å². The van der Waals surface area contributed by atoms with Gasteiger partial charge >= 0.3 is 5.97 Å². The second kappa shape index (κ2) is 16.7. The molecular formula is C48H78O18. The predicted octanol–water partition coefficient (Wildman–Crippen LogP) is 0.786. The van der Waals surface area contributed by atoms with Gasteiger partial charge in [0.05, 0.1) is 54.9 Å². The zero-order valence-corrected chi connectivity index (χ0v) is 40.0. The van der Waals surface area contributed by atoms with Crippen LogP contribution in [0.25, 0.3) is 0 Å². The zero-order valence-electron chi connectivity index (χ0n) is 40.0. The van der Waals surface area contributed by atoms with Crippen molar-refractivity contribution in [2.45, 2.75) is 236 Å². The number of fused-ring (bicyclic) bond motifs is 2. The average molecular weight is 943 g/mol. The molecule has 9 fully saturated rings. The molecule has 4 aliphatic heterocycles. The van der Waals surface area contributed by atoms with Crippen LogP contribution in [0.5, 0.6) is 0 Å². The quantitative estimate of drug-likeness (QED) is 0.114. The molecule has 9 rings (SSSR count). The van der Waals surface area contributed by atoms with E-state index in [0.29, 0.717) is 25.7 Å². The number of esters is 1. The smallest absolute Gasteiger partial charge is 0.303 e. The maximum absolute atomic E-state index is 12.4. The second-order valence-corrected chi connectivity index (χ2v) is 24.0. The Morgan fingerprint density at radius 3 is 2.00 bits per heavy atom. The third-order valence-electron chi connectivity index (χ3n) is 19.6. The van der Waals surface area contributed by atoms with Crippen molar-refractivity contribution in [1.82, 2.24) is 0 Å². The standard InChI is InChI=1S/C48H78O18/c1-21-30(53)32(55)34(57)40(61-21)65-36-35(62-22(2)49)25(52)19-60-41(36)64-28-11-13-48-20-47(48)15-14-44(7)37(46(9)12-10-29(66-46)43(5,6)58)23(50)17-45(44,8)27(47)16-26(38(48)42(28,3)4)63-39-33(56)31(54)24(51)18-59-39/h21,23-41,50-58H,10-20H2,1-9H3/t21-,23-,24-,25+,26-,27-,28-,29-,30-,31+,32+,33-,34+,35-,36+,37-,38?,39+,40-,41-,44+,45-,46?,47-,48+/m0/s1. The largest absolute Gasteiger partial charge is 0.457 e. The van der Waals surface area contributed by atoms with Crippen molar-refractivity contribution in [1.29, 1.82) is 0 Å². The van der Waals surface area contributed by atoms with Crippen LogP contribution in [0.2, 0.25) is 0 Å². The van der Waals surface area contributed by atoms with Crippen LogP contribution in [-0.4, -0.2) is 181 Å². The topological polar surface area (TPSA) is 273 Å². The van der Waals surface area contributed by atoms with Crippen LogP contribution >= 0.6 is 0 Å². The molecule has 66 heavy (non-hydrogen) atoms. The Morgan fingerprint density at radius 1 is 0.667 bits per heavy atom. The molecule has 0 bridgehead atoms. The maximum Gasteiger partial charge on any atom is 0.303 e. The van der Waals surface area contributed by atoms with Crippen LogP contribution in [0.1, 0.15) is 120 Å². The molecule has 0 aromatic heterocycles. The Bertz CT molecular complexity index is 1810. The summed E-state index contributed by atoms with van der Waals surface area (Å²) < 4.78 is 50.5. The molecule has 5 aliphatic carbocycles.